The van der Waals surface area contributed by atoms with Crippen LogP contribution >= 0.6 is 0 Å². The Balaban J connectivity index is 1.35. The number of hydrogen-bond donors (Lipinski definition) is 2. The smallest absolute Gasteiger partial charge is 0.279 e. The molecule has 7 nitrogen and oxygen atoms in total. The molecule has 2 bridgehead atoms. The van der Waals surface area contributed by atoms with Crippen LogP contribution in [0.4, 0.5) is 0 Å². The zero-order chi connectivity index (χ0) is 25.5. The van der Waals surface area contributed by atoms with E-state index >= 15 is 0 Å². The Hall–Kier alpha value is -2.67. The SMILES string of the molecule is CCc1ccc(O)cc1C12CCN(CC3CC3)C(C)C13CCC1C2[C@@H](CN1C(=O)c1ncc[nH]c1=O)C3. The number of nitrogens with one attached hydrogen (secondary N) is 1. The molecule has 196 valence electrons. The van der Waals surface area contributed by atoms with Crippen molar-refractivity contribution in [2.24, 2.45) is 23.2 Å². The summed E-state index contributed by atoms with van der Waals surface area (Å²) in [6, 6.07) is 6.60. The Labute approximate surface area is 218 Å². The second kappa shape index (κ2) is 8.16. The summed E-state index contributed by atoms with van der Waals surface area (Å²) in [5.74, 6) is 1.71. The van der Waals surface area contributed by atoms with Crippen molar-refractivity contribution in [1.29, 1.82) is 0 Å². The number of hydrogen-bond acceptors (Lipinski definition) is 5. The fraction of sp³-hybridized carbons (Fsp3) is 0.633. The number of aryl methyl sites for hydroxylation is 1. The van der Waals surface area contributed by atoms with Gasteiger partial charge in [-0.25, -0.2) is 4.98 Å². The number of piperidine rings is 1. The minimum absolute atomic E-state index is 0.00702. The lowest BCUT2D eigenvalue weighted by Crippen LogP contribution is -2.66. The first-order valence-electron chi connectivity index (χ1n) is 14.3. The van der Waals surface area contributed by atoms with Gasteiger partial charge in [-0.2, -0.15) is 0 Å². The second-order valence-electron chi connectivity index (χ2n) is 12.5. The molecule has 0 spiro atoms. The van der Waals surface area contributed by atoms with Crippen molar-refractivity contribution in [3.63, 3.8) is 0 Å². The summed E-state index contributed by atoms with van der Waals surface area (Å²) >= 11 is 0. The molecule has 1 aromatic heterocycles. The molecule has 7 heteroatoms. The number of aromatic amines is 1. The number of amides is 1. The molecule has 5 unspecified atom stereocenters. The number of nitrogens with zero attached hydrogens (tertiary/aromatic N) is 3. The third-order valence-corrected chi connectivity index (χ3v) is 11.2. The molecule has 6 atom stereocenters. The van der Waals surface area contributed by atoms with E-state index in [4.69, 9.17) is 0 Å². The van der Waals surface area contributed by atoms with Crippen LogP contribution in [0.2, 0.25) is 0 Å². The minimum atomic E-state index is -0.410. The van der Waals surface area contributed by atoms with Crippen LogP contribution in [0.15, 0.2) is 35.4 Å². The molecule has 1 amide bonds. The highest BCUT2D eigenvalue weighted by Gasteiger charge is 2.74. The van der Waals surface area contributed by atoms with Gasteiger partial charge >= 0.3 is 0 Å². The number of aromatic hydroxyl groups is 1. The highest BCUT2D eigenvalue weighted by Crippen LogP contribution is 2.73. The molecule has 5 aliphatic rings. The fourth-order valence-electron chi connectivity index (χ4n) is 9.64. The number of benzene rings is 1. The first kappa shape index (κ1) is 23.4. The first-order valence-corrected chi connectivity index (χ1v) is 14.3. The normalized spacial score (nSPS) is 36.5. The van der Waals surface area contributed by atoms with Gasteiger partial charge in [0.1, 0.15) is 5.75 Å². The van der Waals surface area contributed by atoms with Gasteiger partial charge in [-0.05, 0) is 105 Å². The summed E-state index contributed by atoms with van der Waals surface area (Å²) in [6.45, 7) is 7.67. The lowest BCUT2D eigenvalue weighted by atomic mass is 9.46. The number of phenolic OH excluding ortho intramolecular Hbond substituents is 1. The van der Waals surface area contributed by atoms with E-state index in [-0.39, 0.29) is 28.5 Å². The molecule has 1 aromatic carbocycles. The molecule has 3 heterocycles. The molecular formula is C30H38N4O3. The van der Waals surface area contributed by atoms with Crippen molar-refractivity contribution in [2.45, 2.75) is 76.3 Å². The number of H-pyrrole nitrogens is 1. The van der Waals surface area contributed by atoms with E-state index in [1.165, 1.54) is 42.9 Å². The van der Waals surface area contributed by atoms with Crippen LogP contribution < -0.4 is 5.56 Å². The summed E-state index contributed by atoms with van der Waals surface area (Å²) in [5, 5.41) is 10.7. The van der Waals surface area contributed by atoms with Gasteiger partial charge in [0.2, 0.25) is 0 Å². The van der Waals surface area contributed by atoms with Crippen LogP contribution in [0.3, 0.4) is 0 Å². The van der Waals surface area contributed by atoms with E-state index in [0.29, 0.717) is 30.2 Å². The first-order chi connectivity index (χ1) is 17.9. The number of aromatic nitrogens is 2. The van der Waals surface area contributed by atoms with Crippen molar-refractivity contribution in [2.75, 3.05) is 19.6 Å². The van der Waals surface area contributed by atoms with Gasteiger partial charge in [0, 0.05) is 43.0 Å². The Morgan fingerprint density at radius 2 is 2.08 bits per heavy atom. The standard InChI is InChI=1S/C30H38N4O3/c1-3-20-6-7-22(35)14-23(20)30-10-13-33(16-19-4-5-19)18(2)29(30)9-8-24-25(30)21(15-29)17-34(24)28(37)26-27(36)32-12-11-31-26/h6-7,11-12,14,18-19,21,24-25,35H,3-5,8-10,13,15-17H2,1-2H3,(H,32,36)/t18?,21-,24?,25?,29?,30?/m1/s1. The monoisotopic (exact) mass is 502 g/mol. The zero-order valence-corrected chi connectivity index (χ0v) is 21.9. The maximum Gasteiger partial charge on any atom is 0.279 e. The molecule has 2 N–H and O–H groups in total. The van der Waals surface area contributed by atoms with E-state index < -0.39 is 5.56 Å². The Morgan fingerprint density at radius 3 is 2.84 bits per heavy atom. The average Bonchev–Trinajstić information content (AvgIpc) is 3.60. The predicted octanol–water partition coefficient (Wildman–Crippen LogP) is 3.72. The van der Waals surface area contributed by atoms with E-state index in [0.717, 1.165) is 44.6 Å². The summed E-state index contributed by atoms with van der Waals surface area (Å²) in [7, 11) is 0. The van der Waals surface area contributed by atoms with Crippen molar-refractivity contribution in [3.05, 3.63) is 57.8 Å². The van der Waals surface area contributed by atoms with Crippen LogP contribution in [-0.4, -0.2) is 62.5 Å². The number of likely N-dealkylation sites (tertiary alicyclic amines) is 2. The van der Waals surface area contributed by atoms with E-state index in [1.54, 1.807) is 0 Å². The van der Waals surface area contributed by atoms with Crippen LogP contribution in [0, 0.1) is 23.2 Å². The topological polar surface area (TPSA) is 89.5 Å². The molecule has 2 aliphatic heterocycles. The van der Waals surface area contributed by atoms with Crippen molar-refractivity contribution < 1.29 is 9.90 Å². The summed E-state index contributed by atoms with van der Waals surface area (Å²) in [6.07, 6.45) is 10.9. The molecule has 3 saturated carbocycles. The van der Waals surface area contributed by atoms with E-state index in [1.807, 2.05) is 11.0 Å². The molecular weight excluding hydrogens is 464 g/mol. The van der Waals surface area contributed by atoms with Crippen molar-refractivity contribution in [1.82, 2.24) is 19.8 Å². The van der Waals surface area contributed by atoms with Crippen LogP contribution in [0.25, 0.3) is 0 Å². The largest absolute Gasteiger partial charge is 0.508 e. The summed E-state index contributed by atoms with van der Waals surface area (Å²) < 4.78 is 0. The Bertz CT molecular complexity index is 1300. The van der Waals surface area contributed by atoms with Gasteiger partial charge < -0.3 is 15.0 Å². The lowest BCUT2D eigenvalue weighted by molar-refractivity contribution is -0.0870. The van der Waals surface area contributed by atoms with Crippen LogP contribution in [0.1, 0.15) is 74.0 Å². The zero-order valence-electron chi connectivity index (χ0n) is 21.9. The summed E-state index contributed by atoms with van der Waals surface area (Å²) in [5.41, 5.74) is 2.32. The predicted molar refractivity (Wildman–Crippen MR) is 140 cm³/mol. The minimum Gasteiger partial charge on any atom is -0.508 e. The van der Waals surface area contributed by atoms with Crippen LogP contribution in [-0.2, 0) is 11.8 Å². The summed E-state index contributed by atoms with van der Waals surface area (Å²) in [4.78, 5) is 37.8. The van der Waals surface area contributed by atoms with Crippen molar-refractivity contribution in [3.8, 4) is 5.75 Å². The van der Waals surface area contributed by atoms with Crippen LogP contribution in [0.5, 0.6) is 5.75 Å². The maximum atomic E-state index is 13.7. The third-order valence-electron chi connectivity index (χ3n) is 11.2. The molecule has 37 heavy (non-hydrogen) atoms. The van der Waals surface area contributed by atoms with E-state index in [2.05, 4.69) is 40.8 Å². The second-order valence-corrected chi connectivity index (χ2v) is 12.5. The molecule has 7 rings (SSSR count). The average molecular weight is 503 g/mol. The number of carbonyl (C=O) groups is 1. The Kier molecular flexibility index (Phi) is 5.17. The fourth-order valence-corrected chi connectivity index (χ4v) is 9.64. The highest BCUT2D eigenvalue weighted by atomic mass is 16.3. The lowest BCUT2D eigenvalue weighted by Gasteiger charge is -2.63. The number of carbonyl (C=O) groups excluding carboxylic acids is 1. The van der Waals surface area contributed by atoms with Gasteiger partial charge in [-0.15, -0.1) is 0 Å². The van der Waals surface area contributed by atoms with Gasteiger partial charge in [0.05, 0.1) is 0 Å². The van der Waals surface area contributed by atoms with Gasteiger partial charge in [0.25, 0.3) is 11.5 Å². The maximum absolute atomic E-state index is 13.7. The number of phenols is 1. The van der Waals surface area contributed by atoms with E-state index in [9.17, 15) is 14.7 Å². The molecule has 2 aromatic rings. The molecule has 5 fully saturated rings. The Morgan fingerprint density at radius 1 is 1.24 bits per heavy atom. The third kappa shape index (κ3) is 3.12. The van der Waals surface area contributed by atoms with Gasteiger partial charge in [-0.1, -0.05) is 13.0 Å². The van der Waals surface area contributed by atoms with Crippen molar-refractivity contribution >= 4 is 5.91 Å². The quantitative estimate of drug-likeness (QED) is 0.651. The molecule has 2 saturated heterocycles. The van der Waals surface area contributed by atoms with Gasteiger partial charge in [0.15, 0.2) is 5.69 Å². The molecule has 3 aliphatic carbocycles. The number of rotatable bonds is 5. The molecule has 0 radical (unpaired) electrons. The highest BCUT2D eigenvalue weighted by molar-refractivity contribution is 5.92. The van der Waals surface area contributed by atoms with Gasteiger partial charge in [-0.3, -0.25) is 14.5 Å².